The Labute approximate surface area is 111 Å². The predicted octanol–water partition coefficient (Wildman–Crippen LogP) is 2.59. The number of aryl methyl sites for hydroxylation is 2. The number of benzene rings is 1. The van der Waals surface area contributed by atoms with Crippen molar-refractivity contribution in [1.82, 2.24) is 14.9 Å². The van der Waals surface area contributed by atoms with E-state index in [0.29, 0.717) is 12.0 Å². The van der Waals surface area contributed by atoms with Crippen LogP contribution in [0.25, 0.3) is 0 Å². The summed E-state index contributed by atoms with van der Waals surface area (Å²) >= 11 is 0. The topological polar surface area (TPSA) is 29.9 Å². The summed E-state index contributed by atoms with van der Waals surface area (Å²) in [5.74, 6) is -0.123. The second-order valence-electron chi connectivity index (χ2n) is 4.50. The van der Waals surface area contributed by atoms with Gasteiger partial charge in [0.2, 0.25) is 0 Å². The molecule has 102 valence electrons. The number of aromatic nitrogens is 2. The van der Waals surface area contributed by atoms with E-state index in [4.69, 9.17) is 0 Å². The van der Waals surface area contributed by atoms with Crippen molar-refractivity contribution in [3.63, 3.8) is 0 Å². The van der Waals surface area contributed by atoms with Crippen LogP contribution < -0.4 is 5.32 Å². The van der Waals surface area contributed by atoms with E-state index in [1.807, 2.05) is 17.8 Å². The van der Waals surface area contributed by atoms with Gasteiger partial charge in [0, 0.05) is 43.5 Å². The fraction of sp³-hybridized carbons (Fsp3) is 0.357. The average molecular weight is 265 g/mol. The first kappa shape index (κ1) is 13.7. The fourth-order valence-corrected chi connectivity index (χ4v) is 2.15. The van der Waals surface area contributed by atoms with E-state index < -0.39 is 11.6 Å². The third kappa shape index (κ3) is 3.17. The van der Waals surface area contributed by atoms with E-state index in [1.165, 1.54) is 12.1 Å². The molecule has 5 heteroatoms. The number of nitrogens with one attached hydrogen (secondary N) is 1. The Bertz CT molecular complexity index is 551. The molecule has 0 spiro atoms. The highest BCUT2D eigenvalue weighted by molar-refractivity contribution is 5.22. The lowest BCUT2D eigenvalue weighted by Gasteiger charge is -2.17. The van der Waals surface area contributed by atoms with Gasteiger partial charge in [-0.1, -0.05) is 6.07 Å². The molecule has 0 saturated carbocycles. The summed E-state index contributed by atoms with van der Waals surface area (Å²) < 4.78 is 28.6. The summed E-state index contributed by atoms with van der Waals surface area (Å²) in [5.41, 5.74) is 0.484. The summed E-state index contributed by atoms with van der Waals surface area (Å²) in [4.78, 5) is 4.23. The Morgan fingerprint density at radius 1 is 1.37 bits per heavy atom. The third-order valence-electron chi connectivity index (χ3n) is 3.26. The molecule has 1 aromatic heterocycles. The minimum atomic E-state index is -0.555. The Morgan fingerprint density at radius 3 is 2.74 bits per heavy atom. The lowest BCUT2D eigenvalue weighted by Crippen LogP contribution is -2.19. The van der Waals surface area contributed by atoms with Crippen LogP contribution >= 0.6 is 0 Å². The van der Waals surface area contributed by atoms with E-state index in [9.17, 15) is 8.78 Å². The van der Waals surface area contributed by atoms with Crippen molar-refractivity contribution in [3.05, 3.63) is 53.6 Å². The van der Waals surface area contributed by atoms with Crippen molar-refractivity contribution in [2.24, 2.45) is 7.05 Å². The molecule has 1 unspecified atom stereocenters. The van der Waals surface area contributed by atoms with Crippen molar-refractivity contribution in [2.75, 3.05) is 7.05 Å². The molecule has 3 nitrogen and oxygen atoms in total. The maximum Gasteiger partial charge on any atom is 0.130 e. The van der Waals surface area contributed by atoms with Crippen molar-refractivity contribution < 1.29 is 8.78 Å². The Balaban J connectivity index is 2.10. The van der Waals surface area contributed by atoms with Crippen LogP contribution in [0.2, 0.25) is 0 Å². The zero-order valence-electron chi connectivity index (χ0n) is 11.0. The van der Waals surface area contributed by atoms with Crippen molar-refractivity contribution in [1.29, 1.82) is 0 Å². The van der Waals surface area contributed by atoms with Gasteiger partial charge >= 0.3 is 0 Å². The van der Waals surface area contributed by atoms with Crippen LogP contribution in [0.5, 0.6) is 0 Å². The largest absolute Gasteiger partial charge is 0.338 e. The zero-order chi connectivity index (χ0) is 13.8. The molecule has 2 rings (SSSR count). The smallest absolute Gasteiger partial charge is 0.130 e. The summed E-state index contributed by atoms with van der Waals surface area (Å²) in [6, 6.07) is 3.53. The van der Waals surface area contributed by atoms with Crippen molar-refractivity contribution >= 4 is 0 Å². The van der Waals surface area contributed by atoms with Gasteiger partial charge in [0.1, 0.15) is 17.5 Å². The molecular weight excluding hydrogens is 248 g/mol. The van der Waals surface area contributed by atoms with Crippen LogP contribution in [-0.2, 0) is 13.5 Å². The SMILES string of the molecule is CNC(CCc1nccn1C)c1ccc(F)cc1F. The van der Waals surface area contributed by atoms with Gasteiger partial charge in [-0.05, 0) is 19.5 Å². The highest BCUT2D eigenvalue weighted by Crippen LogP contribution is 2.22. The fourth-order valence-electron chi connectivity index (χ4n) is 2.15. The van der Waals surface area contributed by atoms with Crippen LogP contribution in [0, 0.1) is 11.6 Å². The molecule has 0 saturated heterocycles. The quantitative estimate of drug-likeness (QED) is 0.900. The molecule has 1 heterocycles. The number of hydrogen-bond acceptors (Lipinski definition) is 2. The predicted molar refractivity (Wildman–Crippen MR) is 69.7 cm³/mol. The summed E-state index contributed by atoms with van der Waals surface area (Å²) in [6.45, 7) is 0. The van der Waals surface area contributed by atoms with Gasteiger partial charge in [0.15, 0.2) is 0 Å². The molecule has 1 aromatic carbocycles. The van der Waals surface area contributed by atoms with Gasteiger partial charge in [0.05, 0.1) is 0 Å². The van der Waals surface area contributed by atoms with E-state index in [0.717, 1.165) is 18.3 Å². The highest BCUT2D eigenvalue weighted by Gasteiger charge is 2.15. The van der Waals surface area contributed by atoms with Crippen molar-refractivity contribution in [3.8, 4) is 0 Å². The van der Waals surface area contributed by atoms with Crippen LogP contribution in [0.4, 0.5) is 8.78 Å². The molecule has 1 atom stereocenters. The molecule has 1 N–H and O–H groups in total. The molecule has 2 aromatic rings. The van der Waals surface area contributed by atoms with Gasteiger partial charge < -0.3 is 9.88 Å². The monoisotopic (exact) mass is 265 g/mol. The van der Waals surface area contributed by atoms with E-state index in [2.05, 4.69) is 10.3 Å². The highest BCUT2D eigenvalue weighted by atomic mass is 19.1. The summed E-state index contributed by atoms with van der Waals surface area (Å²) in [7, 11) is 3.70. The Kier molecular flexibility index (Phi) is 4.27. The van der Waals surface area contributed by atoms with Crippen LogP contribution in [0.15, 0.2) is 30.6 Å². The van der Waals surface area contributed by atoms with Crippen LogP contribution in [0.1, 0.15) is 23.9 Å². The zero-order valence-corrected chi connectivity index (χ0v) is 11.0. The molecule has 0 fully saturated rings. The minimum Gasteiger partial charge on any atom is -0.338 e. The van der Waals surface area contributed by atoms with Gasteiger partial charge in [-0.2, -0.15) is 0 Å². The molecule has 0 aliphatic carbocycles. The summed E-state index contributed by atoms with van der Waals surface area (Å²) in [5, 5.41) is 3.06. The Hall–Kier alpha value is -1.75. The lowest BCUT2D eigenvalue weighted by molar-refractivity contribution is 0.494. The molecule has 0 bridgehead atoms. The number of nitrogens with zero attached hydrogens (tertiary/aromatic N) is 2. The number of hydrogen-bond donors (Lipinski definition) is 1. The van der Waals surface area contributed by atoms with E-state index in [1.54, 1.807) is 13.2 Å². The number of imidazole rings is 1. The minimum absolute atomic E-state index is 0.155. The molecule has 0 radical (unpaired) electrons. The van der Waals surface area contributed by atoms with Gasteiger partial charge in [-0.25, -0.2) is 13.8 Å². The molecule has 0 amide bonds. The van der Waals surface area contributed by atoms with Gasteiger partial charge in [0.25, 0.3) is 0 Å². The van der Waals surface area contributed by atoms with Crippen molar-refractivity contribution in [2.45, 2.75) is 18.9 Å². The van der Waals surface area contributed by atoms with Gasteiger partial charge in [-0.15, -0.1) is 0 Å². The van der Waals surface area contributed by atoms with Crippen LogP contribution in [0.3, 0.4) is 0 Å². The first-order chi connectivity index (χ1) is 9.11. The molecular formula is C14H17F2N3. The second-order valence-corrected chi connectivity index (χ2v) is 4.50. The molecule has 0 aliphatic rings. The third-order valence-corrected chi connectivity index (χ3v) is 3.26. The van der Waals surface area contributed by atoms with E-state index >= 15 is 0 Å². The first-order valence-corrected chi connectivity index (χ1v) is 6.20. The maximum absolute atomic E-state index is 13.7. The molecule has 0 aliphatic heterocycles. The maximum atomic E-state index is 13.7. The summed E-state index contributed by atoms with van der Waals surface area (Å²) in [6.07, 6.45) is 5.04. The molecule has 19 heavy (non-hydrogen) atoms. The average Bonchev–Trinajstić information content (AvgIpc) is 2.78. The van der Waals surface area contributed by atoms with Gasteiger partial charge in [-0.3, -0.25) is 0 Å². The Morgan fingerprint density at radius 2 is 2.16 bits per heavy atom. The second kappa shape index (κ2) is 5.93. The normalized spacial score (nSPS) is 12.6. The first-order valence-electron chi connectivity index (χ1n) is 6.20. The lowest BCUT2D eigenvalue weighted by atomic mass is 10.0. The number of halogens is 2. The standard InChI is InChI=1S/C14H17F2N3/c1-17-13(5-6-14-18-7-8-19(14)2)11-4-3-10(15)9-12(11)16/h3-4,7-9,13,17H,5-6H2,1-2H3. The van der Waals surface area contributed by atoms with E-state index in [-0.39, 0.29) is 6.04 Å². The number of rotatable bonds is 5. The van der Waals surface area contributed by atoms with Crippen LogP contribution in [-0.4, -0.2) is 16.6 Å².